The fourth-order valence-corrected chi connectivity index (χ4v) is 3.47. The number of nitrogens with one attached hydrogen (secondary N) is 1. The molecule has 1 aliphatic rings. The van der Waals surface area contributed by atoms with Gasteiger partial charge < -0.3 is 15.0 Å². The van der Waals surface area contributed by atoms with Crippen LogP contribution in [0, 0.1) is 0 Å². The first-order chi connectivity index (χ1) is 14.0. The van der Waals surface area contributed by atoms with Crippen molar-refractivity contribution >= 4 is 17.4 Å². The summed E-state index contributed by atoms with van der Waals surface area (Å²) >= 11 is 0. The second-order valence-corrected chi connectivity index (χ2v) is 7.31. The van der Waals surface area contributed by atoms with Gasteiger partial charge in [-0.3, -0.25) is 14.5 Å². The van der Waals surface area contributed by atoms with Crippen LogP contribution < -0.4 is 15.0 Å². The van der Waals surface area contributed by atoms with Gasteiger partial charge in [0.15, 0.2) is 5.78 Å². The van der Waals surface area contributed by atoms with Crippen LogP contribution in [0.3, 0.4) is 0 Å². The van der Waals surface area contributed by atoms with Gasteiger partial charge in [-0.05, 0) is 55.3 Å². The summed E-state index contributed by atoms with van der Waals surface area (Å²) < 4.78 is 5.15. The number of hydrogen-bond acceptors (Lipinski definition) is 5. The quantitative estimate of drug-likeness (QED) is 0.696. The summed E-state index contributed by atoms with van der Waals surface area (Å²) in [6.45, 7) is 6.08. The molecule has 6 heteroatoms. The zero-order valence-corrected chi connectivity index (χ0v) is 17.2. The first-order valence-electron chi connectivity index (χ1n) is 10.0. The van der Waals surface area contributed by atoms with Crippen molar-refractivity contribution in [3.05, 3.63) is 59.7 Å². The highest BCUT2D eigenvalue weighted by atomic mass is 16.5. The minimum atomic E-state index is 0.0674. The van der Waals surface area contributed by atoms with Crippen LogP contribution in [0.5, 0.6) is 5.75 Å². The van der Waals surface area contributed by atoms with Gasteiger partial charge in [0.05, 0.1) is 13.7 Å². The second kappa shape index (κ2) is 10.1. The number of carbonyl (C=O) groups excluding carboxylic acids is 2. The Morgan fingerprint density at radius 3 is 2.21 bits per heavy atom. The van der Waals surface area contributed by atoms with E-state index in [1.54, 1.807) is 14.0 Å². The normalized spacial score (nSPS) is 14.5. The predicted molar refractivity (Wildman–Crippen MR) is 115 cm³/mol. The van der Waals surface area contributed by atoms with Gasteiger partial charge in [0.1, 0.15) is 5.75 Å². The van der Waals surface area contributed by atoms with Gasteiger partial charge >= 0.3 is 0 Å². The molecule has 1 fully saturated rings. The van der Waals surface area contributed by atoms with Gasteiger partial charge in [0.25, 0.3) is 0 Å². The smallest absolute Gasteiger partial charge is 0.234 e. The lowest BCUT2D eigenvalue weighted by atomic mass is 10.1. The first kappa shape index (κ1) is 20.9. The standard InChI is InChI=1S/C23H29N3O3/c1-18(27)20-5-7-21(8-6-20)26-15-13-25(14-16-26)17-23(28)24-12-11-19-3-9-22(29-2)10-4-19/h3-10H,11-17H2,1-2H3,(H,24,28). The maximum Gasteiger partial charge on any atom is 0.234 e. The molecule has 0 spiro atoms. The Bertz CT molecular complexity index is 810. The summed E-state index contributed by atoms with van der Waals surface area (Å²) in [6, 6.07) is 15.7. The number of methoxy groups -OCH3 is 1. The van der Waals surface area contributed by atoms with Crippen molar-refractivity contribution in [2.24, 2.45) is 0 Å². The molecule has 6 nitrogen and oxygen atoms in total. The highest BCUT2D eigenvalue weighted by Gasteiger charge is 2.19. The monoisotopic (exact) mass is 395 g/mol. The number of Topliss-reactive ketones (excluding diaryl/α,β-unsaturated/α-hetero) is 1. The van der Waals surface area contributed by atoms with Crippen molar-refractivity contribution < 1.29 is 14.3 Å². The van der Waals surface area contributed by atoms with Crippen molar-refractivity contribution in [1.82, 2.24) is 10.2 Å². The average molecular weight is 396 g/mol. The molecule has 0 saturated carbocycles. The van der Waals surface area contributed by atoms with Crippen LogP contribution >= 0.6 is 0 Å². The number of piperazine rings is 1. The van der Waals surface area contributed by atoms with Crippen molar-refractivity contribution in [2.45, 2.75) is 13.3 Å². The summed E-state index contributed by atoms with van der Waals surface area (Å²) in [5, 5.41) is 3.01. The number of benzene rings is 2. The number of amides is 1. The molecule has 1 N–H and O–H groups in total. The molecular formula is C23H29N3O3. The molecule has 154 valence electrons. The predicted octanol–water partition coefficient (Wildman–Crippen LogP) is 2.38. The summed E-state index contributed by atoms with van der Waals surface area (Å²) in [6.07, 6.45) is 0.805. The lowest BCUT2D eigenvalue weighted by molar-refractivity contribution is -0.122. The van der Waals surface area contributed by atoms with Gasteiger partial charge in [-0.1, -0.05) is 12.1 Å². The van der Waals surface area contributed by atoms with Crippen molar-refractivity contribution in [3.8, 4) is 5.75 Å². The van der Waals surface area contributed by atoms with E-state index >= 15 is 0 Å². The molecule has 1 aliphatic heterocycles. The van der Waals surface area contributed by atoms with E-state index in [2.05, 4.69) is 15.1 Å². The third-order valence-corrected chi connectivity index (χ3v) is 5.27. The van der Waals surface area contributed by atoms with Crippen LogP contribution in [0.25, 0.3) is 0 Å². The first-order valence-corrected chi connectivity index (χ1v) is 10.0. The Morgan fingerprint density at radius 1 is 0.966 bits per heavy atom. The van der Waals surface area contributed by atoms with Gasteiger partial charge in [-0.15, -0.1) is 0 Å². The Hall–Kier alpha value is -2.86. The van der Waals surface area contributed by atoms with Gasteiger partial charge in [-0.25, -0.2) is 0 Å². The van der Waals surface area contributed by atoms with E-state index in [1.807, 2.05) is 48.5 Å². The lowest BCUT2D eigenvalue weighted by Crippen LogP contribution is -2.49. The number of rotatable bonds is 8. The maximum atomic E-state index is 12.2. The topological polar surface area (TPSA) is 61.9 Å². The minimum absolute atomic E-state index is 0.0674. The molecule has 3 rings (SSSR count). The third kappa shape index (κ3) is 6.06. The number of hydrogen-bond donors (Lipinski definition) is 1. The summed E-state index contributed by atoms with van der Waals surface area (Å²) in [5.41, 5.74) is 3.03. The molecule has 29 heavy (non-hydrogen) atoms. The zero-order chi connectivity index (χ0) is 20.6. The lowest BCUT2D eigenvalue weighted by Gasteiger charge is -2.35. The highest BCUT2D eigenvalue weighted by Crippen LogP contribution is 2.17. The number of carbonyl (C=O) groups is 2. The molecule has 0 aliphatic carbocycles. The molecule has 1 heterocycles. The van der Waals surface area contributed by atoms with Crippen LogP contribution in [-0.4, -0.2) is 63.0 Å². The summed E-state index contributed by atoms with van der Waals surface area (Å²) in [7, 11) is 1.65. The fourth-order valence-electron chi connectivity index (χ4n) is 3.47. The number of ether oxygens (including phenoxy) is 1. The highest BCUT2D eigenvalue weighted by molar-refractivity contribution is 5.94. The van der Waals surface area contributed by atoms with E-state index < -0.39 is 0 Å². The summed E-state index contributed by atoms with van der Waals surface area (Å²) in [5.74, 6) is 0.990. The summed E-state index contributed by atoms with van der Waals surface area (Å²) in [4.78, 5) is 28.1. The molecule has 0 unspecified atom stereocenters. The van der Waals surface area contributed by atoms with E-state index in [-0.39, 0.29) is 11.7 Å². The molecule has 1 amide bonds. The number of ketones is 1. The van der Waals surface area contributed by atoms with E-state index in [0.29, 0.717) is 13.1 Å². The second-order valence-electron chi connectivity index (χ2n) is 7.31. The van der Waals surface area contributed by atoms with Gasteiger partial charge in [0, 0.05) is 44.0 Å². The Kier molecular flexibility index (Phi) is 7.25. The fraction of sp³-hybridized carbons (Fsp3) is 0.391. The largest absolute Gasteiger partial charge is 0.497 e. The van der Waals surface area contributed by atoms with Crippen molar-refractivity contribution in [2.75, 3.05) is 51.3 Å². The Morgan fingerprint density at radius 2 is 1.62 bits per heavy atom. The Labute approximate surface area is 172 Å². The Balaban J connectivity index is 1.37. The maximum absolute atomic E-state index is 12.2. The molecule has 0 radical (unpaired) electrons. The van der Waals surface area contributed by atoms with Gasteiger partial charge in [0.2, 0.25) is 5.91 Å². The molecule has 0 atom stereocenters. The number of nitrogens with zero attached hydrogens (tertiary/aromatic N) is 2. The van der Waals surface area contributed by atoms with Crippen LogP contribution in [0.2, 0.25) is 0 Å². The molecular weight excluding hydrogens is 366 g/mol. The number of anilines is 1. The van der Waals surface area contributed by atoms with Crippen LogP contribution in [0.15, 0.2) is 48.5 Å². The molecule has 2 aromatic carbocycles. The van der Waals surface area contributed by atoms with E-state index in [9.17, 15) is 9.59 Å². The van der Waals surface area contributed by atoms with Gasteiger partial charge in [-0.2, -0.15) is 0 Å². The minimum Gasteiger partial charge on any atom is -0.497 e. The van der Waals surface area contributed by atoms with E-state index in [4.69, 9.17) is 4.74 Å². The van der Waals surface area contributed by atoms with Crippen LogP contribution in [-0.2, 0) is 11.2 Å². The third-order valence-electron chi connectivity index (χ3n) is 5.27. The molecule has 0 aromatic heterocycles. The SMILES string of the molecule is COc1ccc(CCNC(=O)CN2CCN(c3ccc(C(C)=O)cc3)CC2)cc1. The average Bonchev–Trinajstić information content (AvgIpc) is 2.75. The van der Waals surface area contributed by atoms with E-state index in [0.717, 1.165) is 49.6 Å². The van der Waals surface area contributed by atoms with Crippen LogP contribution in [0.1, 0.15) is 22.8 Å². The molecule has 0 bridgehead atoms. The molecule has 1 saturated heterocycles. The van der Waals surface area contributed by atoms with Crippen molar-refractivity contribution in [3.63, 3.8) is 0 Å². The van der Waals surface area contributed by atoms with Crippen molar-refractivity contribution in [1.29, 1.82) is 0 Å². The van der Waals surface area contributed by atoms with E-state index in [1.165, 1.54) is 5.56 Å². The van der Waals surface area contributed by atoms with Crippen LogP contribution in [0.4, 0.5) is 5.69 Å². The molecule has 2 aromatic rings. The zero-order valence-electron chi connectivity index (χ0n) is 17.2.